The molecular weight excluding hydrogens is 430 g/mol. The number of carbonyl (C=O) groups is 1. The molecule has 3 aromatic rings. The molecule has 32 heavy (non-hydrogen) atoms. The van der Waals surface area contributed by atoms with Crippen LogP contribution in [0.1, 0.15) is 0 Å². The van der Waals surface area contributed by atoms with Gasteiger partial charge in [-0.15, -0.1) is 10.2 Å². The van der Waals surface area contributed by atoms with E-state index in [1.54, 1.807) is 20.5 Å². The first-order chi connectivity index (χ1) is 15.7. The number of aromatic nitrogens is 3. The molecule has 10 heteroatoms. The minimum atomic E-state index is 0.0931. The quantitative estimate of drug-likeness (QED) is 0.454. The van der Waals surface area contributed by atoms with Gasteiger partial charge >= 0.3 is 0 Å². The van der Waals surface area contributed by atoms with Gasteiger partial charge in [-0.25, -0.2) is 0 Å². The van der Waals surface area contributed by atoms with Crippen molar-refractivity contribution < 1.29 is 18.7 Å². The lowest BCUT2D eigenvalue weighted by Gasteiger charge is -2.36. The Morgan fingerprint density at radius 3 is 2.62 bits per heavy atom. The second-order valence-corrected chi connectivity index (χ2v) is 8.20. The number of hydrogen-bond donors (Lipinski definition) is 0. The first kappa shape index (κ1) is 22.2. The van der Waals surface area contributed by atoms with Crippen molar-refractivity contribution in [3.05, 3.63) is 42.7 Å². The van der Waals surface area contributed by atoms with Crippen LogP contribution in [0, 0.1) is 0 Å². The average molecular weight is 458 g/mol. The number of piperazine rings is 1. The van der Waals surface area contributed by atoms with Crippen LogP contribution in [0.25, 0.3) is 11.6 Å². The van der Waals surface area contributed by atoms with Gasteiger partial charge in [-0.3, -0.25) is 9.36 Å². The summed E-state index contributed by atoms with van der Waals surface area (Å²) < 4.78 is 18.1. The van der Waals surface area contributed by atoms with Crippen LogP contribution in [0.4, 0.5) is 5.69 Å². The predicted molar refractivity (Wildman–Crippen MR) is 122 cm³/mol. The smallest absolute Gasteiger partial charge is 0.233 e. The molecule has 170 valence electrons. The SMILES string of the molecule is COCCn1c(SCC(=O)N2CCN(c3ccccc3OC)CC2)nnc1-c1ccco1. The van der Waals surface area contributed by atoms with Crippen LogP contribution in [0.3, 0.4) is 0 Å². The van der Waals surface area contributed by atoms with E-state index in [1.807, 2.05) is 39.8 Å². The van der Waals surface area contributed by atoms with Gasteiger partial charge in [0.1, 0.15) is 5.75 Å². The van der Waals surface area contributed by atoms with E-state index in [0.717, 1.165) is 24.5 Å². The number of amides is 1. The van der Waals surface area contributed by atoms with E-state index in [4.69, 9.17) is 13.9 Å². The monoisotopic (exact) mass is 457 g/mol. The van der Waals surface area contributed by atoms with Gasteiger partial charge in [-0.2, -0.15) is 0 Å². The van der Waals surface area contributed by atoms with Gasteiger partial charge in [-0.05, 0) is 24.3 Å². The van der Waals surface area contributed by atoms with E-state index in [2.05, 4.69) is 21.2 Å². The van der Waals surface area contributed by atoms with Crippen LogP contribution < -0.4 is 9.64 Å². The number of nitrogens with zero attached hydrogens (tertiary/aromatic N) is 5. The molecule has 0 saturated carbocycles. The molecule has 0 spiro atoms. The third-order valence-corrected chi connectivity index (χ3v) is 6.31. The van der Waals surface area contributed by atoms with Gasteiger partial charge in [0.25, 0.3) is 0 Å². The molecule has 0 aliphatic carbocycles. The van der Waals surface area contributed by atoms with Gasteiger partial charge in [0.2, 0.25) is 11.7 Å². The van der Waals surface area contributed by atoms with Crippen molar-refractivity contribution in [2.45, 2.75) is 11.7 Å². The Labute approximate surface area is 191 Å². The Morgan fingerprint density at radius 1 is 1.09 bits per heavy atom. The summed E-state index contributed by atoms with van der Waals surface area (Å²) in [6, 6.07) is 11.6. The highest BCUT2D eigenvalue weighted by Crippen LogP contribution is 2.29. The lowest BCUT2D eigenvalue weighted by atomic mass is 10.2. The Bertz CT molecular complexity index is 1020. The summed E-state index contributed by atoms with van der Waals surface area (Å²) in [7, 11) is 3.33. The highest BCUT2D eigenvalue weighted by molar-refractivity contribution is 7.99. The zero-order valence-electron chi connectivity index (χ0n) is 18.3. The number of methoxy groups -OCH3 is 2. The lowest BCUT2D eigenvalue weighted by Crippen LogP contribution is -2.49. The molecule has 1 aromatic carbocycles. The summed E-state index contributed by atoms with van der Waals surface area (Å²) in [5, 5.41) is 9.22. The van der Waals surface area contributed by atoms with E-state index in [1.165, 1.54) is 11.8 Å². The molecule has 3 heterocycles. The van der Waals surface area contributed by atoms with E-state index >= 15 is 0 Å². The highest BCUT2D eigenvalue weighted by Gasteiger charge is 2.24. The zero-order chi connectivity index (χ0) is 22.3. The summed E-state index contributed by atoms with van der Waals surface area (Å²) in [5.74, 6) is 2.52. The third-order valence-electron chi connectivity index (χ3n) is 5.36. The normalized spacial score (nSPS) is 14.1. The minimum Gasteiger partial charge on any atom is -0.495 e. The van der Waals surface area contributed by atoms with Crippen LogP contribution in [0.15, 0.2) is 52.2 Å². The fourth-order valence-electron chi connectivity index (χ4n) is 3.67. The molecule has 0 radical (unpaired) electrons. The van der Waals surface area contributed by atoms with Crippen molar-refractivity contribution in [2.75, 3.05) is 57.7 Å². The Hall–Kier alpha value is -2.98. The molecule has 2 aromatic heterocycles. The minimum absolute atomic E-state index is 0.0931. The summed E-state index contributed by atoms with van der Waals surface area (Å²) >= 11 is 1.39. The number of para-hydroxylation sites is 2. The van der Waals surface area contributed by atoms with Gasteiger partial charge in [0.15, 0.2) is 10.9 Å². The molecule has 0 N–H and O–H groups in total. The molecule has 1 saturated heterocycles. The average Bonchev–Trinajstić information content (AvgIpc) is 3.51. The topological polar surface area (TPSA) is 85.9 Å². The number of benzene rings is 1. The molecule has 1 aliphatic rings. The summed E-state index contributed by atoms with van der Waals surface area (Å²) in [5.41, 5.74) is 1.06. The molecular formula is C22H27N5O4S. The first-order valence-electron chi connectivity index (χ1n) is 10.5. The zero-order valence-corrected chi connectivity index (χ0v) is 19.1. The van der Waals surface area contributed by atoms with Crippen LogP contribution in [0.5, 0.6) is 5.75 Å². The second-order valence-electron chi connectivity index (χ2n) is 7.26. The van der Waals surface area contributed by atoms with Crippen molar-refractivity contribution in [1.82, 2.24) is 19.7 Å². The first-order valence-corrected chi connectivity index (χ1v) is 11.4. The lowest BCUT2D eigenvalue weighted by molar-refractivity contribution is -0.128. The van der Waals surface area contributed by atoms with E-state index in [-0.39, 0.29) is 5.91 Å². The molecule has 1 aliphatic heterocycles. The van der Waals surface area contributed by atoms with Crippen molar-refractivity contribution in [1.29, 1.82) is 0 Å². The van der Waals surface area contributed by atoms with Crippen LogP contribution in [0.2, 0.25) is 0 Å². The van der Waals surface area contributed by atoms with Crippen molar-refractivity contribution in [3.8, 4) is 17.3 Å². The van der Waals surface area contributed by atoms with Crippen LogP contribution in [-0.4, -0.2) is 78.3 Å². The van der Waals surface area contributed by atoms with Crippen LogP contribution in [-0.2, 0) is 16.1 Å². The fraction of sp³-hybridized carbons (Fsp3) is 0.409. The summed E-state index contributed by atoms with van der Waals surface area (Å²) in [6.45, 7) is 3.97. The molecule has 9 nitrogen and oxygen atoms in total. The van der Waals surface area contributed by atoms with Crippen molar-refractivity contribution in [2.24, 2.45) is 0 Å². The number of furan rings is 1. The molecule has 1 fully saturated rings. The molecule has 0 bridgehead atoms. The highest BCUT2D eigenvalue weighted by atomic mass is 32.2. The van der Waals surface area contributed by atoms with Gasteiger partial charge < -0.3 is 23.7 Å². The Balaban J connectivity index is 1.35. The number of ether oxygens (including phenoxy) is 2. The van der Waals surface area contributed by atoms with Gasteiger partial charge in [0.05, 0.1) is 38.0 Å². The van der Waals surface area contributed by atoms with Gasteiger partial charge in [0, 0.05) is 33.3 Å². The van der Waals surface area contributed by atoms with E-state index < -0.39 is 0 Å². The maximum atomic E-state index is 12.9. The number of anilines is 1. The van der Waals surface area contributed by atoms with Crippen LogP contribution >= 0.6 is 11.8 Å². The predicted octanol–water partition coefficient (Wildman–Crippen LogP) is 2.63. The maximum Gasteiger partial charge on any atom is 0.233 e. The van der Waals surface area contributed by atoms with Crippen molar-refractivity contribution >= 4 is 23.4 Å². The third kappa shape index (κ3) is 4.91. The molecule has 0 unspecified atom stereocenters. The maximum absolute atomic E-state index is 12.9. The largest absolute Gasteiger partial charge is 0.495 e. The summed E-state index contributed by atoms with van der Waals surface area (Å²) in [4.78, 5) is 17.0. The molecule has 4 rings (SSSR count). The van der Waals surface area contributed by atoms with E-state index in [9.17, 15) is 4.79 Å². The van der Waals surface area contributed by atoms with Gasteiger partial charge in [-0.1, -0.05) is 23.9 Å². The number of carbonyl (C=O) groups excluding carboxylic acids is 1. The van der Waals surface area contributed by atoms with Crippen molar-refractivity contribution in [3.63, 3.8) is 0 Å². The number of hydrogen-bond acceptors (Lipinski definition) is 8. The molecule has 1 amide bonds. The second kappa shape index (κ2) is 10.6. The number of rotatable bonds is 9. The summed E-state index contributed by atoms with van der Waals surface area (Å²) in [6.07, 6.45) is 1.60. The fourth-order valence-corrected chi connectivity index (χ4v) is 4.54. The molecule has 0 atom stereocenters. The Morgan fingerprint density at radius 2 is 1.91 bits per heavy atom. The Kier molecular flexibility index (Phi) is 7.33. The number of thioether (sulfide) groups is 1. The van der Waals surface area contributed by atoms with E-state index in [0.29, 0.717) is 48.7 Å². The standard InChI is InChI=1S/C22H27N5O4S/c1-29-15-13-27-21(19-8-5-14-31-19)23-24-22(27)32-16-20(28)26-11-9-25(10-12-26)17-6-3-4-7-18(17)30-2/h3-8,14H,9-13,15-16H2,1-2H3.